The lowest BCUT2D eigenvalue weighted by Crippen LogP contribution is -2.15. The number of rotatable bonds is 5. The maximum absolute atomic E-state index is 3.51. The first-order chi connectivity index (χ1) is 7.24. The molecule has 1 aliphatic carbocycles. The summed E-state index contributed by atoms with van der Waals surface area (Å²) < 4.78 is 0. The number of anilines is 1. The van der Waals surface area contributed by atoms with Gasteiger partial charge in [-0.15, -0.1) is 0 Å². The monoisotopic (exact) mass is 204 g/mol. The van der Waals surface area contributed by atoms with Crippen LogP contribution in [0.5, 0.6) is 0 Å². The fraction of sp³-hybridized carbons (Fsp3) is 0.538. The molecule has 0 aliphatic heterocycles. The third kappa shape index (κ3) is 3.56. The lowest BCUT2D eigenvalue weighted by atomic mass is 10.2. The lowest BCUT2D eigenvalue weighted by Gasteiger charge is -2.10. The predicted octanol–water partition coefficient (Wildman–Crippen LogP) is 2.76. The van der Waals surface area contributed by atoms with Gasteiger partial charge in [0.1, 0.15) is 0 Å². The van der Waals surface area contributed by atoms with Crippen molar-refractivity contribution in [3.63, 3.8) is 0 Å². The van der Waals surface area contributed by atoms with Crippen LogP contribution >= 0.6 is 0 Å². The first-order valence-electron chi connectivity index (χ1n) is 5.83. The molecule has 15 heavy (non-hydrogen) atoms. The summed E-state index contributed by atoms with van der Waals surface area (Å²) in [5.74, 6) is 0. The molecule has 82 valence electrons. The Hall–Kier alpha value is -1.02. The van der Waals surface area contributed by atoms with Crippen molar-refractivity contribution in [2.75, 3.05) is 5.32 Å². The molecule has 1 fully saturated rings. The van der Waals surface area contributed by atoms with Gasteiger partial charge >= 0.3 is 0 Å². The molecule has 0 atom stereocenters. The van der Waals surface area contributed by atoms with E-state index in [-0.39, 0.29) is 0 Å². The fourth-order valence-corrected chi connectivity index (χ4v) is 1.60. The van der Waals surface area contributed by atoms with Crippen molar-refractivity contribution >= 4 is 5.69 Å². The van der Waals surface area contributed by atoms with Crippen molar-refractivity contribution in [1.82, 2.24) is 5.32 Å². The molecule has 0 heterocycles. The highest BCUT2D eigenvalue weighted by molar-refractivity contribution is 5.45. The molecule has 0 spiro atoms. The summed E-state index contributed by atoms with van der Waals surface area (Å²) >= 11 is 0. The van der Waals surface area contributed by atoms with Crippen LogP contribution in [0.15, 0.2) is 24.3 Å². The summed E-state index contributed by atoms with van der Waals surface area (Å²) in [6.07, 6.45) is 2.71. The molecule has 2 heteroatoms. The van der Waals surface area contributed by atoms with Gasteiger partial charge in [0, 0.05) is 24.3 Å². The highest BCUT2D eigenvalue weighted by Gasteiger charge is 2.19. The van der Waals surface area contributed by atoms with Gasteiger partial charge in [0.15, 0.2) is 0 Å². The molecule has 0 unspecified atom stereocenters. The van der Waals surface area contributed by atoms with Gasteiger partial charge in [-0.1, -0.05) is 12.1 Å². The van der Waals surface area contributed by atoms with Crippen LogP contribution in [0.1, 0.15) is 32.3 Å². The molecule has 0 saturated heterocycles. The number of benzene rings is 1. The summed E-state index contributed by atoms with van der Waals surface area (Å²) in [4.78, 5) is 0. The van der Waals surface area contributed by atoms with E-state index in [4.69, 9.17) is 0 Å². The van der Waals surface area contributed by atoms with Crippen molar-refractivity contribution in [2.24, 2.45) is 0 Å². The van der Waals surface area contributed by atoms with Crippen molar-refractivity contribution < 1.29 is 0 Å². The standard InChI is InChI=1S/C13H20N2/c1-10(2)15-13-5-3-11(4-6-13)9-14-12-7-8-12/h3-6,10,12,14-15H,7-9H2,1-2H3. The van der Waals surface area contributed by atoms with Crippen LogP contribution in [-0.2, 0) is 6.54 Å². The molecular formula is C13H20N2. The van der Waals surface area contributed by atoms with E-state index in [9.17, 15) is 0 Å². The zero-order chi connectivity index (χ0) is 10.7. The molecule has 0 aromatic heterocycles. The minimum atomic E-state index is 0.500. The average Bonchev–Trinajstić information content (AvgIpc) is 2.99. The third-order valence-corrected chi connectivity index (χ3v) is 2.58. The second-order valence-electron chi connectivity index (χ2n) is 4.65. The Balaban J connectivity index is 1.85. The summed E-state index contributed by atoms with van der Waals surface area (Å²) in [5.41, 5.74) is 2.58. The van der Waals surface area contributed by atoms with Crippen LogP contribution in [0.4, 0.5) is 5.69 Å². The summed E-state index contributed by atoms with van der Waals surface area (Å²) in [7, 11) is 0. The van der Waals surface area contributed by atoms with Gasteiger partial charge in [-0.3, -0.25) is 0 Å². The van der Waals surface area contributed by atoms with Gasteiger partial charge in [-0.05, 0) is 44.4 Å². The number of hydrogen-bond acceptors (Lipinski definition) is 2. The van der Waals surface area contributed by atoms with E-state index in [1.165, 1.54) is 24.1 Å². The zero-order valence-electron chi connectivity index (χ0n) is 9.59. The first kappa shape index (κ1) is 10.5. The van der Waals surface area contributed by atoms with E-state index < -0.39 is 0 Å². The number of hydrogen-bond donors (Lipinski definition) is 2. The van der Waals surface area contributed by atoms with E-state index in [2.05, 4.69) is 48.7 Å². The summed E-state index contributed by atoms with van der Waals surface area (Å²) in [6.45, 7) is 5.32. The normalized spacial score (nSPS) is 15.7. The Morgan fingerprint density at radius 3 is 2.40 bits per heavy atom. The molecule has 0 amide bonds. The lowest BCUT2D eigenvalue weighted by molar-refractivity contribution is 0.688. The average molecular weight is 204 g/mol. The predicted molar refractivity (Wildman–Crippen MR) is 65.1 cm³/mol. The fourth-order valence-electron chi connectivity index (χ4n) is 1.60. The van der Waals surface area contributed by atoms with Crippen molar-refractivity contribution in [3.8, 4) is 0 Å². The van der Waals surface area contributed by atoms with Gasteiger partial charge in [-0.2, -0.15) is 0 Å². The van der Waals surface area contributed by atoms with Gasteiger partial charge in [0.05, 0.1) is 0 Å². The van der Waals surface area contributed by atoms with Crippen LogP contribution in [0.2, 0.25) is 0 Å². The van der Waals surface area contributed by atoms with Crippen molar-refractivity contribution in [3.05, 3.63) is 29.8 Å². The van der Waals surface area contributed by atoms with Crippen LogP contribution in [0.25, 0.3) is 0 Å². The minimum absolute atomic E-state index is 0.500. The maximum atomic E-state index is 3.51. The van der Waals surface area contributed by atoms with Gasteiger partial charge in [0.25, 0.3) is 0 Å². The van der Waals surface area contributed by atoms with Crippen molar-refractivity contribution in [2.45, 2.75) is 45.3 Å². The Morgan fingerprint density at radius 2 is 1.87 bits per heavy atom. The molecule has 1 aromatic carbocycles. The van der Waals surface area contributed by atoms with E-state index in [0.717, 1.165) is 12.6 Å². The molecule has 0 radical (unpaired) electrons. The number of nitrogens with one attached hydrogen (secondary N) is 2. The Kier molecular flexibility index (Phi) is 3.27. The zero-order valence-corrected chi connectivity index (χ0v) is 9.59. The molecule has 2 rings (SSSR count). The second kappa shape index (κ2) is 4.67. The van der Waals surface area contributed by atoms with Gasteiger partial charge in [0.2, 0.25) is 0 Å². The molecule has 1 saturated carbocycles. The van der Waals surface area contributed by atoms with E-state index in [1.54, 1.807) is 0 Å². The molecule has 1 aromatic rings. The van der Waals surface area contributed by atoms with Crippen LogP contribution < -0.4 is 10.6 Å². The highest BCUT2D eigenvalue weighted by atomic mass is 14.9. The maximum Gasteiger partial charge on any atom is 0.0342 e. The van der Waals surface area contributed by atoms with Crippen LogP contribution in [0, 0.1) is 0 Å². The van der Waals surface area contributed by atoms with Gasteiger partial charge in [-0.25, -0.2) is 0 Å². The smallest absolute Gasteiger partial charge is 0.0342 e. The minimum Gasteiger partial charge on any atom is -0.383 e. The summed E-state index contributed by atoms with van der Waals surface area (Å²) in [6, 6.07) is 9.99. The Morgan fingerprint density at radius 1 is 1.20 bits per heavy atom. The largest absolute Gasteiger partial charge is 0.383 e. The SMILES string of the molecule is CC(C)Nc1ccc(CNC2CC2)cc1. The molecule has 0 bridgehead atoms. The first-order valence-corrected chi connectivity index (χ1v) is 5.83. The molecule has 1 aliphatic rings. The molecule has 2 N–H and O–H groups in total. The molecule has 2 nitrogen and oxygen atoms in total. The van der Waals surface area contributed by atoms with Crippen LogP contribution in [-0.4, -0.2) is 12.1 Å². The van der Waals surface area contributed by atoms with Gasteiger partial charge < -0.3 is 10.6 Å². The molecular weight excluding hydrogens is 184 g/mol. The summed E-state index contributed by atoms with van der Waals surface area (Å²) in [5, 5.41) is 6.90. The second-order valence-corrected chi connectivity index (χ2v) is 4.65. The topological polar surface area (TPSA) is 24.1 Å². The van der Waals surface area contributed by atoms with Crippen LogP contribution in [0.3, 0.4) is 0 Å². The van der Waals surface area contributed by atoms with E-state index >= 15 is 0 Å². The van der Waals surface area contributed by atoms with Crippen molar-refractivity contribution in [1.29, 1.82) is 0 Å². The highest BCUT2D eigenvalue weighted by Crippen LogP contribution is 2.19. The quantitative estimate of drug-likeness (QED) is 0.770. The van der Waals surface area contributed by atoms with E-state index in [0.29, 0.717) is 6.04 Å². The third-order valence-electron chi connectivity index (χ3n) is 2.58. The van der Waals surface area contributed by atoms with E-state index in [1.807, 2.05) is 0 Å². The Bertz CT molecular complexity index is 299. The Labute approximate surface area is 92.1 Å².